The predicted octanol–water partition coefficient (Wildman–Crippen LogP) is 3.93. The summed E-state index contributed by atoms with van der Waals surface area (Å²) in [7, 11) is 2.05. The summed E-state index contributed by atoms with van der Waals surface area (Å²) in [6.07, 6.45) is 2.14. The minimum atomic E-state index is 0.497. The van der Waals surface area contributed by atoms with Gasteiger partial charge in [-0.3, -0.25) is 9.58 Å². The quantitative estimate of drug-likeness (QED) is 0.833. The summed E-state index contributed by atoms with van der Waals surface area (Å²) >= 11 is 5.62. The van der Waals surface area contributed by atoms with E-state index in [0.717, 1.165) is 25.2 Å². The van der Waals surface area contributed by atoms with Crippen molar-refractivity contribution < 1.29 is 0 Å². The smallest absolute Gasteiger partial charge is 0.0767 e. The molecule has 0 N–H and O–H groups in total. The Bertz CT molecular complexity index is 617. The van der Waals surface area contributed by atoms with Crippen LogP contribution >= 0.6 is 27.3 Å². The van der Waals surface area contributed by atoms with E-state index < -0.39 is 0 Å². The molecule has 3 nitrogen and oxygen atoms in total. The van der Waals surface area contributed by atoms with Crippen LogP contribution in [-0.2, 0) is 26.4 Å². The molecule has 2 aromatic heterocycles. The maximum Gasteiger partial charge on any atom is 0.0767 e. The molecule has 0 saturated carbocycles. The number of aromatic nitrogens is 2. The van der Waals surface area contributed by atoms with E-state index in [2.05, 4.69) is 51.2 Å². The van der Waals surface area contributed by atoms with Gasteiger partial charge in [0.15, 0.2) is 0 Å². The van der Waals surface area contributed by atoms with Crippen molar-refractivity contribution in [1.82, 2.24) is 14.7 Å². The lowest BCUT2D eigenvalue weighted by Gasteiger charge is -2.33. The molecular formula is C15H20BrN3S. The van der Waals surface area contributed by atoms with Crippen LogP contribution in [-0.4, -0.2) is 21.2 Å². The molecule has 0 spiro atoms. The SMILES string of the molecule is CCc1nn(C)c(CN2CCc3sccc3C2C)c1Br. The number of hydrogen-bond donors (Lipinski definition) is 0. The van der Waals surface area contributed by atoms with Crippen molar-refractivity contribution in [2.45, 2.75) is 39.3 Å². The molecule has 20 heavy (non-hydrogen) atoms. The van der Waals surface area contributed by atoms with Crippen LogP contribution in [0.2, 0.25) is 0 Å². The van der Waals surface area contributed by atoms with Gasteiger partial charge in [0.05, 0.1) is 15.9 Å². The van der Waals surface area contributed by atoms with E-state index in [0.29, 0.717) is 6.04 Å². The van der Waals surface area contributed by atoms with Gasteiger partial charge < -0.3 is 0 Å². The molecule has 1 aliphatic heterocycles. The number of aryl methyl sites for hydroxylation is 2. The molecule has 1 unspecified atom stereocenters. The van der Waals surface area contributed by atoms with Crippen molar-refractivity contribution in [3.05, 3.63) is 37.7 Å². The van der Waals surface area contributed by atoms with Crippen LogP contribution in [0.3, 0.4) is 0 Å². The highest BCUT2D eigenvalue weighted by Crippen LogP contribution is 2.34. The van der Waals surface area contributed by atoms with E-state index >= 15 is 0 Å². The molecule has 0 fully saturated rings. The first-order valence-electron chi connectivity index (χ1n) is 7.12. The molecule has 3 rings (SSSR count). The molecule has 5 heteroatoms. The lowest BCUT2D eigenvalue weighted by molar-refractivity contribution is 0.186. The fourth-order valence-corrected chi connectivity index (χ4v) is 4.67. The van der Waals surface area contributed by atoms with E-state index in [1.54, 1.807) is 4.88 Å². The lowest BCUT2D eigenvalue weighted by atomic mass is 10.0. The first-order valence-corrected chi connectivity index (χ1v) is 8.79. The summed E-state index contributed by atoms with van der Waals surface area (Å²) < 4.78 is 3.21. The number of hydrogen-bond acceptors (Lipinski definition) is 3. The molecule has 0 bridgehead atoms. The molecule has 2 aromatic rings. The number of fused-ring (bicyclic) bond motifs is 1. The molecular weight excluding hydrogens is 334 g/mol. The van der Waals surface area contributed by atoms with Crippen LogP contribution in [0.15, 0.2) is 15.9 Å². The third-order valence-corrected chi connectivity index (χ3v) is 6.17. The summed E-state index contributed by atoms with van der Waals surface area (Å²) in [5.41, 5.74) is 3.95. The monoisotopic (exact) mass is 353 g/mol. The van der Waals surface area contributed by atoms with Gasteiger partial charge in [0, 0.05) is 31.1 Å². The minimum absolute atomic E-state index is 0.497. The summed E-state index contributed by atoms with van der Waals surface area (Å²) in [6.45, 7) is 6.56. The molecule has 0 aromatic carbocycles. The third kappa shape index (κ3) is 2.36. The largest absolute Gasteiger partial charge is 0.290 e. The average molecular weight is 354 g/mol. The van der Waals surface area contributed by atoms with Gasteiger partial charge >= 0.3 is 0 Å². The van der Waals surface area contributed by atoms with Crippen LogP contribution in [0.25, 0.3) is 0 Å². The van der Waals surface area contributed by atoms with Gasteiger partial charge in [-0.25, -0.2) is 0 Å². The van der Waals surface area contributed by atoms with Crippen LogP contribution in [0.1, 0.15) is 41.7 Å². The normalized spacial score (nSPS) is 19.3. The summed E-state index contributed by atoms with van der Waals surface area (Å²) in [5.74, 6) is 0. The lowest BCUT2D eigenvalue weighted by Crippen LogP contribution is -2.33. The Morgan fingerprint density at radius 3 is 3.00 bits per heavy atom. The minimum Gasteiger partial charge on any atom is -0.290 e. The highest BCUT2D eigenvalue weighted by atomic mass is 79.9. The van der Waals surface area contributed by atoms with E-state index in [4.69, 9.17) is 0 Å². The number of thiophene rings is 1. The third-order valence-electron chi connectivity index (χ3n) is 4.26. The topological polar surface area (TPSA) is 21.1 Å². The van der Waals surface area contributed by atoms with Gasteiger partial charge in [-0.2, -0.15) is 5.10 Å². The van der Waals surface area contributed by atoms with Gasteiger partial charge in [-0.05, 0) is 52.7 Å². The Labute approximate surface area is 132 Å². The van der Waals surface area contributed by atoms with Crippen LogP contribution in [0.5, 0.6) is 0 Å². The van der Waals surface area contributed by atoms with E-state index in [1.807, 2.05) is 23.1 Å². The summed E-state index contributed by atoms with van der Waals surface area (Å²) in [5, 5.41) is 6.82. The van der Waals surface area contributed by atoms with E-state index in [9.17, 15) is 0 Å². The summed E-state index contributed by atoms with van der Waals surface area (Å²) in [6, 6.07) is 2.78. The van der Waals surface area contributed by atoms with Crippen molar-refractivity contribution in [3.63, 3.8) is 0 Å². The molecule has 0 amide bonds. The van der Waals surface area contributed by atoms with E-state index in [1.165, 1.54) is 22.2 Å². The zero-order valence-electron chi connectivity index (χ0n) is 12.2. The second-order valence-electron chi connectivity index (χ2n) is 5.38. The van der Waals surface area contributed by atoms with Gasteiger partial charge in [-0.15, -0.1) is 11.3 Å². The Hall–Kier alpha value is -0.650. The maximum atomic E-state index is 4.60. The second kappa shape index (κ2) is 5.62. The fourth-order valence-electron chi connectivity index (χ4n) is 2.96. The molecule has 1 aliphatic rings. The second-order valence-corrected chi connectivity index (χ2v) is 7.17. The van der Waals surface area contributed by atoms with Crippen molar-refractivity contribution in [2.75, 3.05) is 6.54 Å². The highest BCUT2D eigenvalue weighted by Gasteiger charge is 2.26. The first-order chi connectivity index (χ1) is 9.61. The van der Waals surface area contributed by atoms with Gasteiger partial charge in [0.25, 0.3) is 0 Å². The Morgan fingerprint density at radius 1 is 1.50 bits per heavy atom. The fraction of sp³-hybridized carbons (Fsp3) is 0.533. The van der Waals surface area contributed by atoms with Crippen LogP contribution < -0.4 is 0 Å². The van der Waals surface area contributed by atoms with E-state index in [-0.39, 0.29) is 0 Å². The van der Waals surface area contributed by atoms with Crippen LogP contribution in [0.4, 0.5) is 0 Å². The van der Waals surface area contributed by atoms with Crippen molar-refractivity contribution in [3.8, 4) is 0 Å². The Morgan fingerprint density at radius 2 is 2.30 bits per heavy atom. The molecule has 0 radical (unpaired) electrons. The summed E-state index contributed by atoms with van der Waals surface area (Å²) in [4.78, 5) is 4.11. The maximum absolute atomic E-state index is 4.60. The Kier molecular flexibility index (Phi) is 4.02. The molecule has 108 valence electrons. The van der Waals surface area contributed by atoms with Crippen LogP contribution in [0, 0.1) is 0 Å². The standard InChI is InChI=1S/C15H20BrN3S/c1-4-12-15(16)13(18(3)17-12)9-19-7-5-14-11(10(19)2)6-8-20-14/h6,8,10H,4-5,7,9H2,1-3H3. The Balaban J connectivity index is 1.84. The highest BCUT2D eigenvalue weighted by molar-refractivity contribution is 9.10. The van der Waals surface area contributed by atoms with Gasteiger partial charge in [0.1, 0.15) is 0 Å². The van der Waals surface area contributed by atoms with Crippen molar-refractivity contribution in [1.29, 1.82) is 0 Å². The van der Waals surface area contributed by atoms with Gasteiger partial charge in [-0.1, -0.05) is 6.92 Å². The molecule has 3 heterocycles. The zero-order chi connectivity index (χ0) is 14.3. The number of halogens is 1. The number of nitrogens with zero attached hydrogens (tertiary/aromatic N) is 3. The van der Waals surface area contributed by atoms with Crippen molar-refractivity contribution >= 4 is 27.3 Å². The average Bonchev–Trinajstić information content (AvgIpc) is 3.01. The first kappa shape index (κ1) is 14.3. The molecule has 1 atom stereocenters. The van der Waals surface area contributed by atoms with Crippen molar-refractivity contribution in [2.24, 2.45) is 7.05 Å². The molecule has 0 aliphatic carbocycles. The molecule has 0 saturated heterocycles. The predicted molar refractivity (Wildman–Crippen MR) is 87.1 cm³/mol. The van der Waals surface area contributed by atoms with Gasteiger partial charge in [0.2, 0.25) is 0 Å². The number of rotatable bonds is 3. The zero-order valence-corrected chi connectivity index (χ0v) is 14.6.